The Hall–Kier alpha value is -1.67. The number of rotatable bonds is 6. The predicted molar refractivity (Wildman–Crippen MR) is 98.4 cm³/mol. The molecule has 134 valence electrons. The molecule has 0 saturated heterocycles. The fourth-order valence-electron chi connectivity index (χ4n) is 2.29. The highest BCUT2D eigenvalue weighted by atomic mass is 35.5. The Balaban J connectivity index is 2.24. The van der Waals surface area contributed by atoms with E-state index in [0.29, 0.717) is 16.1 Å². The number of nitrogens with zero attached hydrogens (tertiary/aromatic N) is 2. The normalized spacial score (nSPS) is 13.0. The first-order chi connectivity index (χ1) is 11.6. The minimum Gasteiger partial charge on any atom is -0.258 e. The van der Waals surface area contributed by atoms with E-state index in [2.05, 4.69) is 0 Å². The zero-order valence-electron chi connectivity index (χ0n) is 13.5. The molecule has 25 heavy (non-hydrogen) atoms. The molecule has 1 unspecified atom stereocenters. The van der Waals surface area contributed by atoms with Crippen LogP contribution >= 0.6 is 23.2 Å². The number of sulfonamides is 1. The Morgan fingerprint density at radius 1 is 1.16 bits per heavy atom. The number of nitro groups is 1. The van der Waals surface area contributed by atoms with E-state index in [-0.39, 0.29) is 16.5 Å². The average molecular weight is 403 g/mol. The van der Waals surface area contributed by atoms with Gasteiger partial charge in [-0.15, -0.1) is 0 Å². The van der Waals surface area contributed by atoms with Gasteiger partial charge in [-0.1, -0.05) is 41.4 Å². The molecule has 0 bridgehead atoms. The summed E-state index contributed by atoms with van der Waals surface area (Å²) in [6.07, 6.45) is 0. The summed E-state index contributed by atoms with van der Waals surface area (Å²) in [7, 11) is -2.22. The highest BCUT2D eigenvalue weighted by Crippen LogP contribution is 2.28. The van der Waals surface area contributed by atoms with Crippen molar-refractivity contribution in [2.75, 3.05) is 7.05 Å². The summed E-state index contributed by atoms with van der Waals surface area (Å²) in [4.78, 5) is 10.4. The monoisotopic (exact) mass is 402 g/mol. The van der Waals surface area contributed by atoms with E-state index in [1.807, 2.05) is 0 Å². The molecule has 0 fully saturated rings. The lowest BCUT2D eigenvalue weighted by molar-refractivity contribution is -0.384. The van der Waals surface area contributed by atoms with Crippen molar-refractivity contribution in [3.05, 3.63) is 73.8 Å². The number of halogens is 2. The first-order valence-electron chi connectivity index (χ1n) is 7.26. The molecule has 2 aromatic carbocycles. The van der Waals surface area contributed by atoms with E-state index in [1.54, 1.807) is 25.1 Å². The summed E-state index contributed by atoms with van der Waals surface area (Å²) in [6, 6.07) is 10.00. The van der Waals surface area contributed by atoms with Crippen LogP contribution in [0, 0.1) is 10.1 Å². The molecule has 0 radical (unpaired) electrons. The van der Waals surface area contributed by atoms with E-state index in [0.717, 1.165) is 0 Å². The van der Waals surface area contributed by atoms with Gasteiger partial charge in [-0.25, -0.2) is 8.42 Å². The molecule has 2 aromatic rings. The SMILES string of the molecule is CC(c1cccc([N+](=O)[O-])c1)N(C)S(=O)(=O)Cc1ccc(Cl)c(Cl)c1. The second-order valence-electron chi connectivity index (χ2n) is 5.55. The fourth-order valence-corrected chi connectivity index (χ4v) is 4.02. The number of hydrogen-bond acceptors (Lipinski definition) is 4. The number of benzene rings is 2. The third-order valence-electron chi connectivity index (χ3n) is 3.88. The van der Waals surface area contributed by atoms with Gasteiger partial charge in [0.25, 0.3) is 5.69 Å². The maximum absolute atomic E-state index is 12.6. The van der Waals surface area contributed by atoms with Crippen LogP contribution in [-0.2, 0) is 15.8 Å². The molecule has 0 aliphatic carbocycles. The third-order valence-corrected chi connectivity index (χ3v) is 6.51. The molecular formula is C16H16Cl2N2O4S. The average Bonchev–Trinajstić information content (AvgIpc) is 2.56. The number of non-ortho nitro benzene ring substituents is 1. The van der Waals surface area contributed by atoms with Gasteiger partial charge in [0.1, 0.15) is 0 Å². The molecule has 0 N–H and O–H groups in total. The third kappa shape index (κ3) is 4.70. The van der Waals surface area contributed by atoms with Crippen LogP contribution in [0.5, 0.6) is 0 Å². The van der Waals surface area contributed by atoms with E-state index in [9.17, 15) is 18.5 Å². The van der Waals surface area contributed by atoms with Crippen molar-refractivity contribution in [2.45, 2.75) is 18.7 Å². The second-order valence-corrected chi connectivity index (χ2v) is 8.39. The first-order valence-corrected chi connectivity index (χ1v) is 9.62. The molecule has 0 heterocycles. The summed E-state index contributed by atoms with van der Waals surface area (Å²) in [5, 5.41) is 11.5. The van der Waals surface area contributed by atoms with Crippen LogP contribution in [0.25, 0.3) is 0 Å². The number of hydrogen-bond donors (Lipinski definition) is 0. The van der Waals surface area contributed by atoms with Gasteiger partial charge in [0, 0.05) is 25.2 Å². The summed E-state index contributed by atoms with van der Waals surface area (Å²) >= 11 is 11.8. The summed E-state index contributed by atoms with van der Waals surface area (Å²) in [5.41, 5.74) is 0.960. The standard InChI is InChI=1S/C16H16Cl2N2O4S/c1-11(13-4-3-5-14(9-13)20(21)22)19(2)25(23,24)10-12-6-7-15(17)16(18)8-12/h3-9,11H,10H2,1-2H3. The maximum atomic E-state index is 12.6. The van der Waals surface area contributed by atoms with Crippen LogP contribution in [0.2, 0.25) is 10.0 Å². The Labute approximate surface area is 156 Å². The minimum atomic E-state index is -3.66. The molecule has 2 rings (SSSR count). The Morgan fingerprint density at radius 3 is 2.44 bits per heavy atom. The Kier molecular flexibility index (Phi) is 6.05. The quantitative estimate of drug-likeness (QED) is 0.528. The predicted octanol–water partition coefficient (Wildman–Crippen LogP) is 4.42. The van der Waals surface area contributed by atoms with Crippen molar-refractivity contribution in [1.82, 2.24) is 4.31 Å². The molecule has 0 amide bonds. The van der Waals surface area contributed by atoms with Gasteiger partial charge in [0.15, 0.2) is 0 Å². The molecular weight excluding hydrogens is 387 g/mol. The van der Waals surface area contributed by atoms with E-state index in [4.69, 9.17) is 23.2 Å². The van der Waals surface area contributed by atoms with Gasteiger partial charge < -0.3 is 0 Å². The minimum absolute atomic E-state index is 0.0837. The van der Waals surface area contributed by atoms with Crippen LogP contribution in [0.3, 0.4) is 0 Å². The molecule has 0 saturated carbocycles. The van der Waals surface area contributed by atoms with Crippen LogP contribution in [0.15, 0.2) is 42.5 Å². The van der Waals surface area contributed by atoms with Gasteiger partial charge in [0.2, 0.25) is 10.0 Å². The molecule has 1 atom stereocenters. The molecule has 0 aliphatic rings. The summed E-state index contributed by atoms with van der Waals surface area (Å²) < 4.78 is 26.5. The lowest BCUT2D eigenvalue weighted by atomic mass is 10.1. The topological polar surface area (TPSA) is 80.5 Å². The summed E-state index contributed by atoms with van der Waals surface area (Å²) in [5.74, 6) is -0.250. The highest BCUT2D eigenvalue weighted by molar-refractivity contribution is 7.88. The van der Waals surface area contributed by atoms with Gasteiger partial charge in [-0.2, -0.15) is 4.31 Å². The fraction of sp³-hybridized carbons (Fsp3) is 0.250. The molecule has 0 spiro atoms. The highest BCUT2D eigenvalue weighted by Gasteiger charge is 2.25. The van der Waals surface area contributed by atoms with E-state index in [1.165, 1.54) is 35.6 Å². The zero-order valence-corrected chi connectivity index (χ0v) is 15.8. The largest absolute Gasteiger partial charge is 0.269 e. The Bertz CT molecular complexity index is 903. The van der Waals surface area contributed by atoms with Crippen molar-refractivity contribution in [2.24, 2.45) is 0 Å². The van der Waals surface area contributed by atoms with Crippen molar-refractivity contribution >= 4 is 38.9 Å². The molecule has 9 heteroatoms. The van der Waals surface area contributed by atoms with Crippen molar-refractivity contribution < 1.29 is 13.3 Å². The van der Waals surface area contributed by atoms with Crippen LogP contribution in [0.4, 0.5) is 5.69 Å². The van der Waals surface area contributed by atoms with Gasteiger partial charge >= 0.3 is 0 Å². The summed E-state index contributed by atoms with van der Waals surface area (Å²) in [6.45, 7) is 1.67. The smallest absolute Gasteiger partial charge is 0.258 e. The van der Waals surface area contributed by atoms with Crippen LogP contribution in [0.1, 0.15) is 24.1 Å². The lowest BCUT2D eigenvalue weighted by Gasteiger charge is -2.24. The van der Waals surface area contributed by atoms with Crippen LogP contribution in [-0.4, -0.2) is 24.7 Å². The van der Waals surface area contributed by atoms with Crippen molar-refractivity contribution in [3.63, 3.8) is 0 Å². The lowest BCUT2D eigenvalue weighted by Crippen LogP contribution is -2.30. The van der Waals surface area contributed by atoms with Crippen molar-refractivity contribution in [3.8, 4) is 0 Å². The number of nitro benzene ring substituents is 1. The first kappa shape index (κ1) is 19.7. The molecule has 0 aromatic heterocycles. The maximum Gasteiger partial charge on any atom is 0.269 e. The van der Waals surface area contributed by atoms with Crippen LogP contribution < -0.4 is 0 Å². The van der Waals surface area contributed by atoms with Crippen molar-refractivity contribution in [1.29, 1.82) is 0 Å². The van der Waals surface area contributed by atoms with Gasteiger partial charge in [-0.05, 0) is 30.2 Å². The van der Waals surface area contributed by atoms with Gasteiger partial charge in [0.05, 0.1) is 20.7 Å². The van der Waals surface area contributed by atoms with Gasteiger partial charge in [-0.3, -0.25) is 10.1 Å². The zero-order chi connectivity index (χ0) is 18.8. The second kappa shape index (κ2) is 7.70. The van der Waals surface area contributed by atoms with E-state index < -0.39 is 21.0 Å². The molecule has 6 nitrogen and oxygen atoms in total. The Morgan fingerprint density at radius 2 is 1.84 bits per heavy atom. The molecule has 0 aliphatic heterocycles. The van der Waals surface area contributed by atoms with E-state index >= 15 is 0 Å².